The first-order valence-electron chi connectivity index (χ1n) is 1.82. The number of carbonyl (C=O) groups excluding carboxylic acids is 2. The van der Waals surface area contributed by atoms with Gasteiger partial charge in [0.05, 0.1) is 0 Å². The van der Waals surface area contributed by atoms with Gasteiger partial charge in [0, 0.05) is 0 Å². The third-order valence-electron chi connectivity index (χ3n) is 0. The number of rotatable bonds is 0. The van der Waals surface area contributed by atoms with Crippen molar-refractivity contribution in [2.24, 2.45) is 0 Å². The second kappa shape index (κ2) is 56.0. The predicted octanol–water partition coefficient (Wildman–Crippen LogP) is 0.995. The first kappa shape index (κ1) is 16.2. The van der Waals surface area contributed by atoms with E-state index in [0.29, 0.717) is 0 Å². The molecule has 0 aliphatic rings. The minimum Gasteiger partial charge on any atom is -0.344 e. The molecule has 0 rings (SSSR count). The summed E-state index contributed by atoms with van der Waals surface area (Å²) in [5.74, 6) is 0. The highest BCUT2D eigenvalue weighted by Gasteiger charge is 1.35. The fraction of sp³-hybridized carbons (Fsp3) is 0.750. The molecule has 3 nitrogen and oxygen atoms in total. The minimum atomic E-state index is 0. The molecule has 0 heterocycles. The molecule has 0 bridgehead atoms. The largest absolute Gasteiger partial charge is 0.373 e. The van der Waals surface area contributed by atoms with Crippen molar-refractivity contribution in [2.75, 3.05) is 0 Å². The molecule has 44 valence electrons. The van der Waals surface area contributed by atoms with E-state index >= 15 is 0 Å². The summed E-state index contributed by atoms with van der Waals surface area (Å²) in [5.41, 5.74) is 0. The van der Waals surface area contributed by atoms with Gasteiger partial charge in [0.15, 0.2) is 0 Å². The van der Waals surface area contributed by atoms with Crippen molar-refractivity contribution in [3.63, 3.8) is 0 Å². The third-order valence-corrected chi connectivity index (χ3v) is 0. The lowest BCUT2D eigenvalue weighted by Gasteiger charge is -1.48. The zero-order chi connectivity index (χ0) is 5.41. The van der Waals surface area contributed by atoms with E-state index in [9.17, 15) is 0 Å². The van der Waals surface area contributed by atoms with Gasteiger partial charge < -0.3 is 6.15 Å². The summed E-state index contributed by atoms with van der Waals surface area (Å²) < 4.78 is 0. The van der Waals surface area contributed by atoms with E-state index in [4.69, 9.17) is 9.59 Å². The van der Waals surface area contributed by atoms with Gasteiger partial charge in [-0.1, -0.05) is 20.3 Å². The molecule has 0 aliphatic carbocycles. The van der Waals surface area contributed by atoms with Crippen molar-refractivity contribution in [3.05, 3.63) is 0 Å². The van der Waals surface area contributed by atoms with Gasteiger partial charge in [-0.15, -0.1) is 0 Å². The van der Waals surface area contributed by atoms with Crippen LogP contribution in [0.3, 0.4) is 0 Å². The van der Waals surface area contributed by atoms with E-state index in [2.05, 4.69) is 13.8 Å². The fourth-order valence-corrected chi connectivity index (χ4v) is 0. The van der Waals surface area contributed by atoms with Crippen molar-refractivity contribution in [3.8, 4) is 0 Å². The zero-order valence-electron chi connectivity index (χ0n) is 4.73. The Kier molecular flexibility index (Phi) is 130. The molecule has 0 unspecified atom stereocenters. The summed E-state index contributed by atoms with van der Waals surface area (Å²) in [5, 5.41) is 0. The second-order valence-corrected chi connectivity index (χ2v) is 0.790. The smallest absolute Gasteiger partial charge is 0.344 e. The van der Waals surface area contributed by atoms with Gasteiger partial charge >= 0.3 is 6.15 Å². The SMILES string of the molecule is CCC.N.O=C=O. The first-order valence-corrected chi connectivity index (χ1v) is 1.82. The van der Waals surface area contributed by atoms with E-state index < -0.39 is 0 Å². The fourth-order valence-electron chi connectivity index (χ4n) is 0. The minimum absolute atomic E-state index is 0. The van der Waals surface area contributed by atoms with Gasteiger partial charge in [0.1, 0.15) is 0 Å². The maximum Gasteiger partial charge on any atom is 0.373 e. The molecule has 0 saturated heterocycles. The molecule has 0 radical (unpaired) electrons. The molecule has 0 fully saturated rings. The monoisotopic (exact) mass is 105 g/mol. The Bertz CT molecular complexity index is 39.0. The van der Waals surface area contributed by atoms with Gasteiger partial charge in [-0.2, -0.15) is 9.59 Å². The molecular formula is C4H11NO2. The quantitative estimate of drug-likeness (QED) is 0.499. The van der Waals surface area contributed by atoms with E-state index in [1.54, 1.807) is 0 Å². The third kappa shape index (κ3) is 137. The molecule has 0 aromatic heterocycles. The van der Waals surface area contributed by atoms with E-state index in [1.807, 2.05) is 0 Å². The van der Waals surface area contributed by atoms with Crippen LogP contribution >= 0.6 is 0 Å². The molecule has 0 aliphatic heterocycles. The maximum absolute atomic E-state index is 8.12. The van der Waals surface area contributed by atoms with Crippen LogP contribution in [0.15, 0.2) is 0 Å². The molecule has 7 heavy (non-hydrogen) atoms. The normalized spacial score (nSPS) is 3.71. The standard InChI is InChI=1S/C3H8.CO2.H3N/c1-3-2;2-1-3;/h3H2,1-2H3;;1H3. The highest BCUT2D eigenvalue weighted by Crippen LogP contribution is 1.56. The molecule has 0 amide bonds. The number of hydrogen-bond donors (Lipinski definition) is 1. The molecule has 0 spiro atoms. The van der Waals surface area contributed by atoms with Crippen LogP contribution in [0.4, 0.5) is 0 Å². The average molecular weight is 105 g/mol. The van der Waals surface area contributed by atoms with Crippen molar-refractivity contribution in [1.29, 1.82) is 0 Å². The number of hydrogen-bond acceptors (Lipinski definition) is 3. The first-order chi connectivity index (χ1) is 2.83. The van der Waals surface area contributed by atoms with Gasteiger partial charge in [0.2, 0.25) is 0 Å². The maximum atomic E-state index is 8.12. The molecule has 0 saturated carbocycles. The summed E-state index contributed by atoms with van der Waals surface area (Å²) >= 11 is 0. The van der Waals surface area contributed by atoms with Gasteiger partial charge in [-0.05, 0) is 0 Å². The molecule has 0 aromatic carbocycles. The molecule has 0 aromatic rings. The lowest BCUT2D eigenvalue weighted by atomic mass is 10.6. The molecule has 3 N–H and O–H groups in total. The van der Waals surface area contributed by atoms with Crippen LogP contribution in [0.2, 0.25) is 0 Å². The summed E-state index contributed by atoms with van der Waals surface area (Å²) in [6.07, 6.45) is 1.50. The van der Waals surface area contributed by atoms with Gasteiger partial charge in [0.25, 0.3) is 0 Å². The molecule has 0 atom stereocenters. The van der Waals surface area contributed by atoms with E-state index in [0.717, 1.165) is 0 Å². The lowest BCUT2D eigenvalue weighted by molar-refractivity contribution is -0.191. The van der Waals surface area contributed by atoms with Crippen LogP contribution < -0.4 is 6.15 Å². The van der Waals surface area contributed by atoms with Crippen LogP contribution in [0.25, 0.3) is 0 Å². The van der Waals surface area contributed by atoms with Crippen LogP contribution in [0.1, 0.15) is 20.3 Å². The van der Waals surface area contributed by atoms with Crippen LogP contribution in [0, 0.1) is 0 Å². The Morgan fingerprint density at radius 1 is 1.29 bits per heavy atom. The van der Waals surface area contributed by atoms with Crippen molar-refractivity contribution in [1.82, 2.24) is 6.15 Å². The van der Waals surface area contributed by atoms with Crippen LogP contribution in [-0.4, -0.2) is 6.15 Å². The average Bonchev–Trinajstić information content (AvgIpc) is 1.39. The van der Waals surface area contributed by atoms with E-state index in [-0.39, 0.29) is 12.3 Å². The Morgan fingerprint density at radius 3 is 1.29 bits per heavy atom. The van der Waals surface area contributed by atoms with Gasteiger partial charge in [-0.3, -0.25) is 0 Å². The van der Waals surface area contributed by atoms with E-state index in [1.165, 1.54) is 6.42 Å². The Labute approximate surface area is 43.3 Å². The lowest BCUT2D eigenvalue weighted by Crippen LogP contribution is -1.27. The molecular weight excluding hydrogens is 94.0 g/mol. The highest BCUT2D eigenvalue weighted by molar-refractivity contribution is 5.20. The topological polar surface area (TPSA) is 69.1 Å². The summed E-state index contributed by atoms with van der Waals surface area (Å²) in [7, 11) is 0. The Hall–Kier alpha value is -0.660. The van der Waals surface area contributed by atoms with Gasteiger partial charge in [-0.25, -0.2) is 0 Å². The second-order valence-electron chi connectivity index (χ2n) is 0.790. The Balaban J connectivity index is -0.0000000400. The summed E-state index contributed by atoms with van der Waals surface area (Å²) in [6.45, 7) is 4.25. The van der Waals surface area contributed by atoms with Crippen LogP contribution in [-0.2, 0) is 9.59 Å². The Morgan fingerprint density at radius 2 is 1.29 bits per heavy atom. The summed E-state index contributed by atoms with van der Waals surface area (Å²) in [6, 6.07) is 0. The highest BCUT2D eigenvalue weighted by atomic mass is 16.2. The zero-order valence-corrected chi connectivity index (χ0v) is 4.73. The van der Waals surface area contributed by atoms with Crippen LogP contribution in [0.5, 0.6) is 0 Å². The van der Waals surface area contributed by atoms with Crippen molar-refractivity contribution >= 4 is 6.15 Å². The van der Waals surface area contributed by atoms with Crippen molar-refractivity contribution < 1.29 is 9.59 Å². The summed E-state index contributed by atoms with van der Waals surface area (Å²) in [4.78, 5) is 16.2. The van der Waals surface area contributed by atoms with Crippen molar-refractivity contribution in [2.45, 2.75) is 20.3 Å². The molecule has 3 heteroatoms. The predicted molar refractivity (Wildman–Crippen MR) is 26.0 cm³/mol.